The van der Waals surface area contributed by atoms with Crippen LogP contribution >= 0.6 is 0 Å². The third kappa shape index (κ3) is 2.38. The molecule has 1 saturated heterocycles. The number of hydrogen-bond donors (Lipinski definition) is 2. The molecule has 1 aromatic rings. The number of rotatable bonds is 3. The van der Waals surface area contributed by atoms with Gasteiger partial charge in [-0.25, -0.2) is 4.39 Å². The highest BCUT2D eigenvalue weighted by atomic mass is 19.1. The number of halogens is 1. The second-order valence-corrected chi connectivity index (χ2v) is 5.20. The summed E-state index contributed by atoms with van der Waals surface area (Å²) in [4.78, 5) is 23.4. The number of carboxylic acid groups (broad SMARTS) is 1. The van der Waals surface area contributed by atoms with Crippen molar-refractivity contribution in [3.05, 3.63) is 35.1 Å². The molecule has 2 rings (SSSR count). The number of hydrogen-bond acceptors (Lipinski definition) is 3. The summed E-state index contributed by atoms with van der Waals surface area (Å²) in [6.07, 6.45) is 0. The minimum atomic E-state index is -1.20. The highest BCUT2D eigenvalue weighted by molar-refractivity contribution is 5.95. The van der Waals surface area contributed by atoms with Gasteiger partial charge in [-0.3, -0.25) is 9.59 Å². The Bertz CT molecular complexity index is 560. The molecule has 2 N–H and O–H groups in total. The van der Waals surface area contributed by atoms with Crippen LogP contribution in [0.25, 0.3) is 0 Å². The first-order chi connectivity index (χ1) is 9.36. The normalized spacial score (nSPS) is 25.4. The van der Waals surface area contributed by atoms with Gasteiger partial charge in [0, 0.05) is 0 Å². The van der Waals surface area contributed by atoms with Crippen LogP contribution in [0.2, 0.25) is 0 Å². The Kier molecular flexibility index (Phi) is 3.76. The van der Waals surface area contributed by atoms with Crippen LogP contribution in [0, 0.1) is 18.2 Å². The van der Waals surface area contributed by atoms with E-state index in [2.05, 4.69) is 5.32 Å². The third-order valence-electron chi connectivity index (χ3n) is 3.69. The molecular formula is C14H16FNO4. The monoisotopic (exact) mass is 281 g/mol. The lowest BCUT2D eigenvalue weighted by molar-refractivity contribution is -0.148. The van der Waals surface area contributed by atoms with E-state index in [0.717, 1.165) is 0 Å². The van der Waals surface area contributed by atoms with Crippen molar-refractivity contribution in [1.82, 2.24) is 5.32 Å². The summed E-state index contributed by atoms with van der Waals surface area (Å²) in [5.74, 6) is -2.28. The van der Waals surface area contributed by atoms with E-state index >= 15 is 0 Å². The molecule has 1 heterocycles. The van der Waals surface area contributed by atoms with Crippen LogP contribution < -0.4 is 5.32 Å². The Labute approximate surface area is 115 Å². The average Bonchev–Trinajstić information content (AvgIpc) is 2.75. The van der Waals surface area contributed by atoms with E-state index in [1.54, 1.807) is 19.1 Å². The molecule has 0 saturated carbocycles. The number of aliphatic carboxylic acids is 1. The molecule has 2 atom stereocenters. The summed E-state index contributed by atoms with van der Waals surface area (Å²) in [6.45, 7) is 3.18. The van der Waals surface area contributed by atoms with Gasteiger partial charge in [0.05, 0.1) is 24.8 Å². The zero-order valence-electron chi connectivity index (χ0n) is 11.3. The van der Waals surface area contributed by atoms with Gasteiger partial charge < -0.3 is 15.2 Å². The van der Waals surface area contributed by atoms with Crippen LogP contribution in [-0.2, 0) is 9.53 Å². The Morgan fingerprint density at radius 2 is 2.20 bits per heavy atom. The molecule has 0 aromatic heterocycles. The zero-order valence-corrected chi connectivity index (χ0v) is 11.3. The van der Waals surface area contributed by atoms with Crippen molar-refractivity contribution in [1.29, 1.82) is 0 Å². The van der Waals surface area contributed by atoms with Gasteiger partial charge in [-0.05, 0) is 25.5 Å². The molecule has 0 spiro atoms. The SMILES string of the molecule is Cc1cccc(C(=O)NC2COCC2(C)C(=O)O)c1F. The van der Waals surface area contributed by atoms with Crippen LogP contribution in [0.15, 0.2) is 18.2 Å². The van der Waals surface area contributed by atoms with Gasteiger partial charge in [-0.2, -0.15) is 0 Å². The average molecular weight is 281 g/mol. The van der Waals surface area contributed by atoms with E-state index < -0.39 is 29.2 Å². The summed E-state index contributed by atoms with van der Waals surface area (Å²) in [6, 6.07) is 3.82. The standard InChI is InChI=1S/C14H16FNO4/c1-8-4-3-5-9(11(8)15)12(17)16-10-6-20-7-14(10,2)13(18)19/h3-5,10H,6-7H2,1-2H3,(H,16,17)(H,18,19). The van der Waals surface area contributed by atoms with Crippen molar-refractivity contribution in [2.75, 3.05) is 13.2 Å². The lowest BCUT2D eigenvalue weighted by Crippen LogP contribution is -2.49. The molecule has 20 heavy (non-hydrogen) atoms. The van der Waals surface area contributed by atoms with Gasteiger partial charge in [0.1, 0.15) is 11.2 Å². The molecule has 5 nitrogen and oxygen atoms in total. The summed E-state index contributed by atoms with van der Waals surface area (Å²) in [5.41, 5.74) is -0.929. The Morgan fingerprint density at radius 1 is 1.50 bits per heavy atom. The smallest absolute Gasteiger partial charge is 0.313 e. The van der Waals surface area contributed by atoms with Gasteiger partial charge in [0.25, 0.3) is 5.91 Å². The molecule has 0 bridgehead atoms. The Morgan fingerprint density at radius 3 is 2.85 bits per heavy atom. The van der Waals surface area contributed by atoms with Crippen molar-refractivity contribution < 1.29 is 23.8 Å². The number of ether oxygens (including phenoxy) is 1. The fourth-order valence-electron chi connectivity index (χ4n) is 2.14. The van der Waals surface area contributed by atoms with E-state index in [9.17, 15) is 19.1 Å². The molecule has 0 radical (unpaired) electrons. The Hall–Kier alpha value is -1.95. The van der Waals surface area contributed by atoms with Crippen LogP contribution in [0.5, 0.6) is 0 Å². The zero-order chi connectivity index (χ0) is 14.9. The van der Waals surface area contributed by atoms with Crippen LogP contribution in [0.1, 0.15) is 22.8 Å². The fraction of sp³-hybridized carbons (Fsp3) is 0.429. The van der Waals surface area contributed by atoms with Gasteiger partial charge in [0.15, 0.2) is 0 Å². The molecule has 2 unspecified atom stereocenters. The fourth-order valence-corrected chi connectivity index (χ4v) is 2.14. The van der Waals surface area contributed by atoms with Gasteiger partial charge >= 0.3 is 5.97 Å². The molecular weight excluding hydrogens is 265 g/mol. The lowest BCUT2D eigenvalue weighted by atomic mass is 9.85. The van der Waals surface area contributed by atoms with Crippen molar-refractivity contribution in [3.63, 3.8) is 0 Å². The third-order valence-corrected chi connectivity index (χ3v) is 3.69. The first-order valence-corrected chi connectivity index (χ1v) is 6.23. The molecule has 0 aliphatic carbocycles. The number of carbonyl (C=O) groups is 2. The maximum Gasteiger partial charge on any atom is 0.313 e. The van der Waals surface area contributed by atoms with Crippen molar-refractivity contribution >= 4 is 11.9 Å². The maximum absolute atomic E-state index is 13.9. The van der Waals surface area contributed by atoms with E-state index in [-0.39, 0.29) is 18.8 Å². The highest BCUT2D eigenvalue weighted by Gasteiger charge is 2.47. The molecule has 1 fully saturated rings. The summed E-state index contributed by atoms with van der Waals surface area (Å²) in [5, 5.41) is 11.8. The maximum atomic E-state index is 13.9. The minimum Gasteiger partial charge on any atom is -0.481 e. The van der Waals surface area contributed by atoms with E-state index in [4.69, 9.17) is 4.74 Å². The quantitative estimate of drug-likeness (QED) is 0.877. The second kappa shape index (κ2) is 5.20. The number of carbonyl (C=O) groups excluding carboxylic acids is 1. The van der Waals surface area contributed by atoms with Gasteiger partial charge in [-0.1, -0.05) is 12.1 Å². The minimum absolute atomic E-state index is 0.0174. The van der Waals surface area contributed by atoms with Crippen LogP contribution in [0.3, 0.4) is 0 Å². The summed E-state index contributed by atoms with van der Waals surface area (Å²) in [7, 11) is 0. The van der Waals surface area contributed by atoms with Gasteiger partial charge in [0.2, 0.25) is 0 Å². The molecule has 1 aliphatic rings. The second-order valence-electron chi connectivity index (χ2n) is 5.20. The van der Waals surface area contributed by atoms with E-state index in [0.29, 0.717) is 5.56 Å². The number of benzene rings is 1. The number of amides is 1. The molecule has 1 aliphatic heterocycles. The molecule has 6 heteroatoms. The molecule has 108 valence electrons. The lowest BCUT2D eigenvalue weighted by Gasteiger charge is -2.25. The predicted octanol–water partition coefficient (Wildman–Crippen LogP) is 1.35. The molecule has 1 aromatic carbocycles. The topological polar surface area (TPSA) is 75.6 Å². The largest absolute Gasteiger partial charge is 0.481 e. The van der Waals surface area contributed by atoms with E-state index in [1.807, 2.05) is 0 Å². The summed E-state index contributed by atoms with van der Waals surface area (Å²) < 4.78 is 19.0. The van der Waals surface area contributed by atoms with Crippen LogP contribution in [0.4, 0.5) is 4.39 Å². The Balaban J connectivity index is 2.20. The first-order valence-electron chi connectivity index (χ1n) is 6.23. The van der Waals surface area contributed by atoms with Crippen molar-refractivity contribution in [3.8, 4) is 0 Å². The molecule has 1 amide bonds. The number of nitrogens with one attached hydrogen (secondary N) is 1. The highest BCUT2D eigenvalue weighted by Crippen LogP contribution is 2.29. The number of carboxylic acids is 1. The van der Waals surface area contributed by atoms with Gasteiger partial charge in [-0.15, -0.1) is 0 Å². The van der Waals surface area contributed by atoms with E-state index in [1.165, 1.54) is 13.0 Å². The number of aryl methyl sites for hydroxylation is 1. The first kappa shape index (κ1) is 14.5. The van der Waals surface area contributed by atoms with Crippen LogP contribution in [-0.4, -0.2) is 36.2 Å². The summed E-state index contributed by atoms with van der Waals surface area (Å²) >= 11 is 0. The van der Waals surface area contributed by atoms with Crippen molar-refractivity contribution in [2.24, 2.45) is 5.41 Å². The predicted molar refractivity (Wildman–Crippen MR) is 69.0 cm³/mol. The van der Waals surface area contributed by atoms with Crippen molar-refractivity contribution in [2.45, 2.75) is 19.9 Å².